The van der Waals surface area contributed by atoms with Crippen LogP contribution in [0.3, 0.4) is 0 Å². The van der Waals surface area contributed by atoms with Crippen molar-refractivity contribution in [1.82, 2.24) is 9.36 Å². The van der Waals surface area contributed by atoms with Gasteiger partial charge in [0.1, 0.15) is 5.82 Å². The van der Waals surface area contributed by atoms with Crippen LogP contribution in [0.5, 0.6) is 0 Å². The molecule has 1 heterocycles. The maximum absolute atomic E-state index is 4.45. The number of hydrogen-bond donors (Lipinski definition) is 1. The number of hydrogen-bond acceptors (Lipinski definition) is 4. The first-order valence-corrected chi connectivity index (χ1v) is 5.89. The van der Waals surface area contributed by atoms with Crippen molar-refractivity contribution in [2.45, 2.75) is 46.0 Å². The molecule has 1 aromatic heterocycles. The molecule has 0 aromatic carbocycles. The topological polar surface area (TPSA) is 37.8 Å². The zero-order chi connectivity index (χ0) is 10.6. The second-order valence-electron chi connectivity index (χ2n) is 4.45. The van der Waals surface area contributed by atoms with E-state index < -0.39 is 0 Å². The highest BCUT2D eigenvalue weighted by Crippen LogP contribution is 2.22. The van der Waals surface area contributed by atoms with Gasteiger partial charge in [0.25, 0.3) is 0 Å². The first-order chi connectivity index (χ1) is 6.54. The first kappa shape index (κ1) is 11.4. The Morgan fingerprint density at radius 3 is 2.57 bits per heavy atom. The Morgan fingerprint density at radius 1 is 1.36 bits per heavy atom. The molecule has 0 saturated carbocycles. The quantitative estimate of drug-likeness (QED) is 0.781. The van der Waals surface area contributed by atoms with Gasteiger partial charge in [-0.1, -0.05) is 34.1 Å². The van der Waals surface area contributed by atoms with E-state index in [2.05, 4.69) is 42.4 Å². The maximum atomic E-state index is 4.45. The Kier molecular flexibility index (Phi) is 3.86. The van der Waals surface area contributed by atoms with Crippen LogP contribution in [0.25, 0.3) is 0 Å². The van der Waals surface area contributed by atoms with Crippen molar-refractivity contribution in [1.29, 1.82) is 0 Å². The predicted octanol–water partition coefficient (Wildman–Crippen LogP) is 3.05. The Labute approximate surface area is 90.1 Å². The van der Waals surface area contributed by atoms with Crippen LogP contribution in [0.15, 0.2) is 0 Å². The summed E-state index contributed by atoms with van der Waals surface area (Å²) in [4.78, 5) is 4.45. The van der Waals surface area contributed by atoms with E-state index in [0.29, 0.717) is 0 Å². The molecular weight excluding hydrogens is 194 g/mol. The van der Waals surface area contributed by atoms with Crippen LogP contribution in [0.2, 0.25) is 0 Å². The molecule has 1 rings (SSSR count). The van der Waals surface area contributed by atoms with Crippen molar-refractivity contribution in [2.24, 2.45) is 0 Å². The van der Waals surface area contributed by atoms with Crippen molar-refractivity contribution in [2.75, 3.05) is 11.9 Å². The molecule has 0 unspecified atom stereocenters. The summed E-state index contributed by atoms with van der Waals surface area (Å²) in [7, 11) is 0. The van der Waals surface area contributed by atoms with Crippen LogP contribution >= 0.6 is 11.5 Å². The summed E-state index contributed by atoms with van der Waals surface area (Å²) in [6.07, 6.45) is 2.39. The van der Waals surface area contributed by atoms with E-state index in [0.717, 1.165) is 17.5 Å². The van der Waals surface area contributed by atoms with Crippen molar-refractivity contribution < 1.29 is 0 Å². The number of aromatic nitrogens is 2. The van der Waals surface area contributed by atoms with Gasteiger partial charge in [-0.3, -0.25) is 0 Å². The number of anilines is 1. The minimum atomic E-state index is 0.0567. The lowest BCUT2D eigenvalue weighted by atomic mass is 9.96. The second-order valence-corrected chi connectivity index (χ2v) is 5.21. The van der Waals surface area contributed by atoms with Crippen LogP contribution in [0.4, 0.5) is 5.13 Å². The molecule has 80 valence electrons. The average molecular weight is 213 g/mol. The smallest absolute Gasteiger partial charge is 0.202 e. The molecule has 0 radical (unpaired) electrons. The van der Waals surface area contributed by atoms with Gasteiger partial charge in [0.15, 0.2) is 0 Å². The van der Waals surface area contributed by atoms with Gasteiger partial charge in [-0.05, 0) is 6.42 Å². The molecular formula is C10H19N3S. The third kappa shape index (κ3) is 3.25. The molecule has 1 aromatic rings. The summed E-state index contributed by atoms with van der Waals surface area (Å²) in [6.45, 7) is 9.57. The minimum absolute atomic E-state index is 0.0567. The number of nitrogens with zero attached hydrogens (tertiary/aromatic N) is 2. The van der Waals surface area contributed by atoms with Gasteiger partial charge in [-0.15, -0.1) is 0 Å². The summed E-state index contributed by atoms with van der Waals surface area (Å²) in [5.41, 5.74) is 0.0567. The van der Waals surface area contributed by atoms with Crippen LogP contribution in [0.1, 0.15) is 46.4 Å². The lowest BCUT2D eigenvalue weighted by Crippen LogP contribution is -2.13. The summed E-state index contributed by atoms with van der Waals surface area (Å²) in [6, 6.07) is 0. The van der Waals surface area contributed by atoms with E-state index >= 15 is 0 Å². The van der Waals surface area contributed by atoms with Gasteiger partial charge in [-0.2, -0.15) is 4.37 Å². The molecule has 0 aliphatic rings. The third-order valence-electron chi connectivity index (χ3n) is 1.90. The highest BCUT2D eigenvalue weighted by Gasteiger charge is 2.19. The van der Waals surface area contributed by atoms with Crippen LogP contribution in [-0.4, -0.2) is 15.9 Å². The van der Waals surface area contributed by atoms with Crippen molar-refractivity contribution >= 4 is 16.7 Å². The fourth-order valence-corrected chi connectivity index (χ4v) is 1.75. The Bertz CT molecular complexity index is 275. The van der Waals surface area contributed by atoms with Crippen LogP contribution in [0, 0.1) is 0 Å². The van der Waals surface area contributed by atoms with Gasteiger partial charge in [0.2, 0.25) is 5.13 Å². The van der Waals surface area contributed by atoms with E-state index in [4.69, 9.17) is 0 Å². The normalized spacial score (nSPS) is 11.7. The molecule has 14 heavy (non-hydrogen) atoms. The highest BCUT2D eigenvalue weighted by atomic mass is 32.1. The zero-order valence-corrected chi connectivity index (χ0v) is 10.2. The molecule has 0 atom stereocenters. The summed E-state index contributed by atoms with van der Waals surface area (Å²) >= 11 is 1.45. The molecule has 0 amide bonds. The van der Waals surface area contributed by atoms with Crippen molar-refractivity contribution in [3.05, 3.63) is 5.82 Å². The fraction of sp³-hybridized carbons (Fsp3) is 0.800. The number of rotatable bonds is 4. The number of nitrogens with one attached hydrogen (secondary N) is 1. The molecule has 0 saturated heterocycles. The number of unbranched alkanes of at least 4 members (excludes halogenated alkanes) is 1. The van der Waals surface area contributed by atoms with E-state index in [1.54, 1.807) is 0 Å². The van der Waals surface area contributed by atoms with Gasteiger partial charge < -0.3 is 5.32 Å². The highest BCUT2D eigenvalue weighted by molar-refractivity contribution is 7.09. The van der Waals surface area contributed by atoms with E-state index in [1.165, 1.54) is 24.4 Å². The minimum Gasteiger partial charge on any atom is -0.360 e. The van der Waals surface area contributed by atoms with E-state index in [9.17, 15) is 0 Å². The third-order valence-corrected chi connectivity index (χ3v) is 2.58. The predicted molar refractivity (Wildman–Crippen MR) is 62.0 cm³/mol. The SMILES string of the molecule is CCCCNc1nc(C(C)(C)C)ns1. The van der Waals surface area contributed by atoms with Crippen molar-refractivity contribution in [3.63, 3.8) is 0 Å². The second kappa shape index (κ2) is 4.73. The van der Waals surface area contributed by atoms with Crippen LogP contribution < -0.4 is 5.32 Å². The van der Waals surface area contributed by atoms with E-state index in [-0.39, 0.29) is 5.41 Å². The molecule has 0 fully saturated rings. The monoisotopic (exact) mass is 213 g/mol. The average Bonchev–Trinajstić information content (AvgIpc) is 2.52. The zero-order valence-electron chi connectivity index (χ0n) is 9.42. The molecule has 4 heteroatoms. The molecule has 0 aliphatic heterocycles. The largest absolute Gasteiger partial charge is 0.360 e. The Balaban J connectivity index is 2.51. The summed E-state index contributed by atoms with van der Waals surface area (Å²) < 4.78 is 4.33. The van der Waals surface area contributed by atoms with Gasteiger partial charge in [0.05, 0.1) is 0 Å². The summed E-state index contributed by atoms with van der Waals surface area (Å²) in [5.74, 6) is 0.932. The Hall–Kier alpha value is -0.640. The molecule has 0 spiro atoms. The molecule has 1 N–H and O–H groups in total. The van der Waals surface area contributed by atoms with Gasteiger partial charge in [0, 0.05) is 23.5 Å². The standard InChI is InChI=1S/C10H19N3S/c1-5-6-7-11-9-12-8(13-14-9)10(2,3)4/h5-7H2,1-4H3,(H,11,12,13). The van der Waals surface area contributed by atoms with Gasteiger partial charge in [-0.25, -0.2) is 4.98 Å². The molecule has 0 bridgehead atoms. The van der Waals surface area contributed by atoms with Crippen molar-refractivity contribution in [3.8, 4) is 0 Å². The van der Waals surface area contributed by atoms with Crippen LogP contribution in [-0.2, 0) is 5.41 Å². The summed E-state index contributed by atoms with van der Waals surface area (Å²) in [5, 5.41) is 4.23. The van der Waals surface area contributed by atoms with E-state index in [1.807, 2.05) is 0 Å². The first-order valence-electron chi connectivity index (χ1n) is 5.12. The fourth-order valence-electron chi connectivity index (χ4n) is 0.972. The molecule has 0 aliphatic carbocycles. The Morgan fingerprint density at radius 2 is 2.07 bits per heavy atom. The van der Waals surface area contributed by atoms with Gasteiger partial charge >= 0.3 is 0 Å². The lowest BCUT2D eigenvalue weighted by Gasteiger charge is -2.12. The maximum Gasteiger partial charge on any atom is 0.202 e. The lowest BCUT2D eigenvalue weighted by molar-refractivity contribution is 0.555. The molecule has 3 nitrogen and oxygen atoms in total.